The molecule has 0 aliphatic carbocycles. The number of likely N-dealkylation sites (N-methyl/N-ethyl adjacent to an activating group) is 2. The molecule has 6 heteroatoms. The molecule has 2 aromatic rings. The molecular weight excluding hydrogens is 352 g/mol. The lowest BCUT2D eigenvalue weighted by atomic mass is 10.0. The molecule has 28 heavy (non-hydrogen) atoms. The van der Waals surface area contributed by atoms with Gasteiger partial charge in [-0.3, -0.25) is 0 Å². The number of carbonyl (C=O) groups excluding carboxylic acids is 1. The van der Waals surface area contributed by atoms with Gasteiger partial charge in [0.15, 0.2) is 0 Å². The van der Waals surface area contributed by atoms with Crippen LogP contribution in [0.2, 0.25) is 0 Å². The highest BCUT2D eigenvalue weighted by Crippen LogP contribution is 2.27. The molecule has 2 atom stereocenters. The van der Waals surface area contributed by atoms with E-state index in [4.69, 9.17) is 4.74 Å². The summed E-state index contributed by atoms with van der Waals surface area (Å²) in [6, 6.07) is 17.7. The number of hydrogen-bond donors (Lipinski definition) is 2. The minimum Gasteiger partial charge on any atom is -0.496 e. The van der Waals surface area contributed by atoms with Crippen molar-refractivity contribution in [1.82, 2.24) is 20.4 Å². The van der Waals surface area contributed by atoms with Crippen molar-refractivity contribution in [2.45, 2.75) is 12.1 Å². The first-order valence-electron chi connectivity index (χ1n) is 9.45. The van der Waals surface area contributed by atoms with Crippen molar-refractivity contribution in [1.29, 1.82) is 0 Å². The lowest BCUT2D eigenvalue weighted by molar-refractivity contribution is 0.225. The summed E-state index contributed by atoms with van der Waals surface area (Å²) in [5, 5.41) is 6.12. The molecule has 6 nitrogen and oxygen atoms in total. The minimum absolute atomic E-state index is 0.00549. The molecule has 2 rings (SSSR count). The highest BCUT2D eigenvalue weighted by molar-refractivity contribution is 5.74. The van der Waals surface area contributed by atoms with Crippen molar-refractivity contribution < 1.29 is 9.53 Å². The normalized spacial score (nSPS) is 13.2. The van der Waals surface area contributed by atoms with Gasteiger partial charge in [-0.15, -0.1) is 0 Å². The number of amides is 2. The Labute approximate surface area is 168 Å². The molecule has 2 aromatic carbocycles. The van der Waals surface area contributed by atoms with E-state index in [1.165, 1.54) is 0 Å². The number of hydrogen-bond acceptors (Lipinski definition) is 4. The summed E-state index contributed by atoms with van der Waals surface area (Å²) in [6.45, 7) is 1.20. The van der Waals surface area contributed by atoms with E-state index in [0.717, 1.165) is 23.4 Å². The van der Waals surface area contributed by atoms with Gasteiger partial charge in [-0.2, -0.15) is 0 Å². The molecule has 2 unspecified atom stereocenters. The van der Waals surface area contributed by atoms with E-state index in [9.17, 15) is 4.79 Å². The molecule has 0 aromatic heterocycles. The van der Waals surface area contributed by atoms with Gasteiger partial charge in [-0.25, -0.2) is 4.79 Å². The van der Waals surface area contributed by atoms with Gasteiger partial charge in [0.1, 0.15) is 5.75 Å². The highest BCUT2D eigenvalue weighted by Gasteiger charge is 2.20. The molecule has 2 N–H and O–H groups in total. The van der Waals surface area contributed by atoms with E-state index in [-0.39, 0.29) is 18.1 Å². The van der Waals surface area contributed by atoms with Crippen LogP contribution in [-0.4, -0.2) is 64.2 Å². The predicted octanol–water partition coefficient (Wildman–Crippen LogP) is 2.90. The number of nitrogens with zero attached hydrogens (tertiary/aromatic N) is 2. The van der Waals surface area contributed by atoms with Crippen LogP contribution in [0.5, 0.6) is 5.75 Å². The third-order valence-corrected chi connectivity index (χ3v) is 4.63. The third kappa shape index (κ3) is 6.25. The van der Waals surface area contributed by atoms with Crippen molar-refractivity contribution >= 4 is 6.03 Å². The summed E-state index contributed by atoms with van der Waals surface area (Å²) in [7, 11) is 9.65. The zero-order valence-electron chi connectivity index (χ0n) is 17.5. The summed E-state index contributed by atoms with van der Waals surface area (Å²) >= 11 is 0. The van der Waals surface area contributed by atoms with Gasteiger partial charge in [0, 0.05) is 18.7 Å². The van der Waals surface area contributed by atoms with Crippen LogP contribution in [0.4, 0.5) is 4.79 Å². The van der Waals surface area contributed by atoms with Crippen molar-refractivity contribution in [2.75, 3.05) is 48.4 Å². The maximum atomic E-state index is 12.6. The number of rotatable bonds is 9. The number of nitrogens with one attached hydrogen (secondary N) is 2. The summed E-state index contributed by atoms with van der Waals surface area (Å²) < 4.78 is 5.49. The number of methoxy groups -OCH3 is 1. The van der Waals surface area contributed by atoms with Crippen LogP contribution in [-0.2, 0) is 0 Å². The van der Waals surface area contributed by atoms with Crippen LogP contribution >= 0.6 is 0 Å². The van der Waals surface area contributed by atoms with E-state index < -0.39 is 0 Å². The first-order valence-corrected chi connectivity index (χ1v) is 9.45. The monoisotopic (exact) mass is 384 g/mol. The van der Waals surface area contributed by atoms with E-state index in [1.807, 2.05) is 82.8 Å². The molecule has 152 valence electrons. The van der Waals surface area contributed by atoms with Gasteiger partial charge in [0.05, 0.1) is 19.2 Å². The molecule has 0 heterocycles. The van der Waals surface area contributed by atoms with Gasteiger partial charge in [-0.05, 0) is 39.8 Å². The molecule has 0 radical (unpaired) electrons. The Hall–Kier alpha value is -2.57. The first kappa shape index (κ1) is 21.7. The van der Waals surface area contributed by atoms with Crippen LogP contribution in [0, 0.1) is 0 Å². The second-order valence-electron chi connectivity index (χ2n) is 7.30. The molecule has 2 amide bonds. The average molecular weight is 385 g/mol. The summed E-state index contributed by atoms with van der Waals surface area (Å²) in [5.41, 5.74) is 2.13. The number of para-hydroxylation sites is 1. The van der Waals surface area contributed by atoms with Gasteiger partial charge >= 0.3 is 6.03 Å². The van der Waals surface area contributed by atoms with Gasteiger partial charge in [0.2, 0.25) is 0 Å². The summed E-state index contributed by atoms with van der Waals surface area (Å²) in [5.74, 6) is 0.818. The number of urea groups is 1. The van der Waals surface area contributed by atoms with Crippen molar-refractivity contribution in [3.63, 3.8) is 0 Å². The Morgan fingerprint density at radius 2 is 1.64 bits per heavy atom. The number of carbonyl (C=O) groups is 1. The first-order chi connectivity index (χ1) is 13.4. The van der Waals surface area contributed by atoms with E-state index >= 15 is 0 Å². The summed E-state index contributed by atoms with van der Waals surface area (Å²) in [6.07, 6.45) is 0. The fraction of sp³-hybridized carbons (Fsp3) is 0.409. The molecule has 0 spiro atoms. The quantitative estimate of drug-likeness (QED) is 0.698. The maximum absolute atomic E-state index is 12.6. The van der Waals surface area contributed by atoms with Gasteiger partial charge in [0.25, 0.3) is 0 Å². The van der Waals surface area contributed by atoms with Crippen molar-refractivity contribution in [2.24, 2.45) is 0 Å². The maximum Gasteiger partial charge on any atom is 0.315 e. The molecular formula is C22H32N4O2. The molecule has 0 aliphatic heterocycles. The Kier molecular flexibility index (Phi) is 8.29. The Morgan fingerprint density at radius 1 is 1.00 bits per heavy atom. The molecule has 0 saturated carbocycles. The van der Waals surface area contributed by atoms with Crippen molar-refractivity contribution in [3.05, 3.63) is 65.7 Å². The number of benzene rings is 2. The zero-order valence-corrected chi connectivity index (χ0v) is 17.5. The van der Waals surface area contributed by atoms with Gasteiger partial charge in [-0.1, -0.05) is 48.5 Å². The zero-order chi connectivity index (χ0) is 20.5. The second kappa shape index (κ2) is 10.7. The topological polar surface area (TPSA) is 56.8 Å². The Balaban J connectivity index is 2.05. The van der Waals surface area contributed by atoms with Crippen LogP contribution in [0.1, 0.15) is 23.2 Å². The predicted molar refractivity (Wildman–Crippen MR) is 114 cm³/mol. The molecule has 0 bridgehead atoms. The SMILES string of the molecule is COc1ccccc1C(CNC(=O)NC(CN(C)C)c1ccccc1)N(C)C. The fourth-order valence-electron chi connectivity index (χ4n) is 3.20. The van der Waals surface area contributed by atoms with E-state index in [1.54, 1.807) is 7.11 Å². The van der Waals surface area contributed by atoms with E-state index in [0.29, 0.717) is 6.54 Å². The van der Waals surface area contributed by atoms with Gasteiger partial charge < -0.3 is 25.2 Å². The largest absolute Gasteiger partial charge is 0.496 e. The number of ether oxygens (including phenoxy) is 1. The Morgan fingerprint density at radius 3 is 2.25 bits per heavy atom. The third-order valence-electron chi connectivity index (χ3n) is 4.63. The van der Waals surface area contributed by atoms with Crippen LogP contribution in [0.15, 0.2) is 54.6 Å². The highest BCUT2D eigenvalue weighted by atomic mass is 16.5. The fourth-order valence-corrected chi connectivity index (χ4v) is 3.20. The lowest BCUT2D eigenvalue weighted by Gasteiger charge is -2.28. The van der Waals surface area contributed by atoms with Crippen LogP contribution < -0.4 is 15.4 Å². The second-order valence-corrected chi connectivity index (χ2v) is 7.30. The van der Waals surface area contributed by atoms with Crippen LogP contribution in [0.3, 0.4) is 0 Å². The molecule has 0 aliphatic rings. The summed E-state index contributed by atoms with van der Waals surface area (Å²) in [4.78, 5) is 16.8. The molecule has 0 saturated heterocycles. The Bertz CT molecular complexity index is 734. The van der Waals surface area contributed by atoms with E-state index in [2.05, 4.69) is 20.4 Å². The van der Waals surface area contributed by atoms with Crippen LogP contribution in [0.25, 0.3) is 0 Å². The smallest absolute Gasteiger partial charge is 0.315 e. The minimum atomic E-state index is -0.183. The average Bonchev–Trinajstić information content (AvgIpc) is 2.68. The lowest BCUT2D eigenvalue weighted by Crippen LogP contribution is -2.44. The molecule has 0 fully saturated rings. The standard InChI is InChI=1S/C22H32N4O2/c1-25(2)16-19(17-11-7-6-8-12-17)24-22(27)23-15-20(26(3)4)18-13-9-10-14-21(18)28-5/h6-14,19-20H,15-16H2,1-5H3,(H2,23,24,27). The van der Waals surface area contributed by atoms with Crippen molar-refractivity contribution in [3.8, 4) is 5.75 Å².